The third kappa shape index (κ3) is 4.13. The van der Waals surface area contributed by atoms with Crippen LogP contribution in [0.15, 0.2) is 36.4 Å². The molecule has 0 aliphatic rings. The molecule has 0 radical (unpaired) electrons. The summed E-state index contributed by atoms with van der Waals surface area (Å²) in [6.45, 7) is 4.27. The standard InChI is InChI=1S/C12H15NO3/c1-3-16-12(15)8-11(14)9-13-6-4-10(2)5-7-13/h4-8H,3,9H2,1-2H3/p+1. The van der Waals surface area contributed by atoms with Crippen LogP contribution in [0.25, 0.3) is 0 Å². The highest BCUT2D eigenvalue weighted by atomic mass is 16.5. The SMILES string of the molecule is CCOC(=O)/C=C(\O)C[n+]1ccc(C)cc1. The van der Waals surface area contributed by atoms with Crippen molar-refractivity contribution in [2.24, 2.45) is 0 Å². The van der Waals surface area contributed by atoms with Crippen molar-refractivity contribution in [3.8, 4) is 0 Å². The molecule has 86 valence electrons. The minimum absolute atomic E-state index is 0.0210. The molecule has 16 heavy (non-hydrogen) atoms. The highest BCUT2D eigenvalue weighted by Gasteiger charge is 2.06. The maximum atomic E-state index is 11.0. The molecule has 4 nitrogen and oxygen atoms in total. The van der Waals surface area contributed by atoms with Crippen LogP contribution in [0, 0.1) is 6.92 Å². The van der Waals surface area contributed by atoms with Gasteiger partial charge in [0, 0.05) is 12.1 Å². The molecule has 0 atom stereocenters. The first-order valence-electron chi connectivity index (χ1n) is 5.14. The van der Waals surface area contributed by atoms with E-state index in [4.69, 9.17) is 0 Å². The lowest BCUT2D eigenvalue weighted by molar-refractivity contribution is -0.691. The number of aliphatic hydroxyl groups is 1. The van der Waals surface area contributed by atoms with Crippen LogP contribution in [0.2, 0.25) is 0 Å². The van der Waals surface area contributed by atoms with E-state index >= 15 is 0 Å². The van der Waals surface area contributed by atoms with E-state index in [0.29, 0.717) is 6.61 Å². The first-order valence-corrected chi connectivity index (χ1v) is 5.14. The van der Waals surface area contributed by atoms with Crippen LogP contribution in [0.5, 0.6) is 0 Å². The third-order valence-electron chi connectivity index (χ3n) is 1.97. The van der Waals surface area contributed by atoms with Crippen LogP contribution >= 0.6 is 0 Å². The minimum Gasteiger partial charge on any atom is -0.506 e. The number of carbonyl (C=O) groups excluding carboxylic acids is 1. The molecule has 4 heteroatoms. The lowest BCUT2D eigenvalue weighted by Crippen LogP contribution is -2.33. The predicted octanol–water partition coefficient (Wildman–Crippen LogP) is 1.29. The van der Waals surface area contributed by atoms with Gasteiger partial charge in [0.1, 0.15) is 0 Å². The van der Waals surface area contributed by atoms with Gasteiger partial charge in [-0.1, -0.05) is 0 Å². The number of hydrogen-bond donors (Lipinski definition) is 1. The average Bonchev–Trinajstić information content (AvgIpc) is 2.21. The Kier molecular flexibility index (Phi) is 4.51. The molecule has 1 heterocycles. The highest BCUT2D eigenvalue weighted by molar-refractivity contribution is 5.82. The van der Waals surface area contributed by atoms with E-state index in [1.54, 1.807) is 11.5 Å². The number of aliphatic hydroxyl groups excluding tert-OH is 1. The first-order chi connectivity index (χ1) is 7.61. The summed E-state index contributed by atoms with van der Waals surface area (Å²) in [5.41, 5.74) is 1.14. The van der Waals surface area contributed by atoms with E-state index in [9.17, 15) is 9.90 Å². The number of esters is 1. The summed E-state index contributed by atoms with van der Waals surface area (Å²) in [4.78, 5) is 11.0. The quantitative estimate of drug-likeness (QED) is 0.361. The van der Waals surface area contributed by atoms with Crippen molar-refractivity contribution in [1.82, 2.24) is 0 Å². The number of aromatic nitrogens is 1. The zero-order valence-electron chi connectivity index (χ0n) is 9.51. The molecule has 0 saturated heterocycles. The second kappa shape index (κ2) is 5.90. The Morgan fingerprint density at radius 1 is 1.50 bits per heavy atom. The van der Waals surface area contributed by atoms with Crippen LogP contribution in [0.4, 0.5) is 0 Å². The van der Waals surface area contributed by atoms with Gasteiger partial charge in [0.05, 0.1) is 12.7 Å². The summed E-state index contributed by atoms with van der Waals surface area (Å²) in [5.74, 6) is -0.542. The smallest absolute Gasteiger partial charge is 0.334 e. The molecule has 0 amide bonds. The molecular weight excluding hydrogens is 206 g/mol. The summed E-state index contributed by atoms with van der Waals surface area (Å²) in [6.07, 6.45) is 4.77. The zero-order valence-corrected chi connectivity index (χ0v) is 9.51. The number of nitrogens with zero attached hydrogens (tertiary/aromatic N) is 1. The monoisotopic (exact) mass is 222 g/mol. The fourth-order valence-corrected chi connectivity index (χ4v) is 1.19. The molecule has 0 aromatic carbocycles. The molecule has 0 aliphatic carbocycles. The Morgan fingerprint density at radius 3 is 2.69 bits per heavy atom. The second-order valence-corrected chi connectivity index (χ2v) is 3.44. The second-order valence-electron chi connectivity index (χ2n) is 3.44. The number of allylic oxidation sites excluding steroid dienone is 1. The summed E-state index contributed by atoms with van der Waals surface area (Å²) in [7, 11) is 0. The van der Waals surface area contributed by atoms with Crippen molar-refractivity contribution in [2.75, 3.05) is 6.61 Å². The van der Waals surface area contributed by atoms with Crippen LogP contribution < -0.4 is 4.57 Å². The topological polar surface area (TPSA) is 50.4 Å². The minimum atomic E-state index is -0.521. The highest BCUT2D eigenvalue weighted by Crippen LogP contribution is 1.94. The lowest BCUT2D eigenvalue weighted by Gasteiger charge is -1.98. The van der Waals surface area contributed by atoms with E-state index in [1.165, 1.54) is 0 Å². The lowest BCUT2D eigenvalue weighted by atomic mass is 10.3. The summed E-state index contributed by atoms with van der Waals surface area (Å²) >= 11 is 0. The third-order valence-corrected chi connectivity index (χ3v) is 1.97. The van der Waals surface area contributed by atoms with Crippen molar-refractivity contribution < 1.29 is 19.2 Å². The molecule has 1 N–H and O–H groups in total. The number of rotatable bonds is 4. The summed E-state index contributed by atoms with van der Waals surface area (Å²) in [5, 5.41) is 9.51. The Labute approximate surface area is 94.8 Å². The molecule has 0 spiro atoms. The molecule has 0 aliphatic heterocycles. The Hall–Kier alpha value is -1.84. The van der Waals surface area contributed by atoms with Crippen molar-refractivity contribution in [2.45, 2.75) is 20.4 Å². The van der Waals surface area contributed by atoms with Gasteiger partial charge in [0.25, 0.3) is 0 Å². The van der Waals surface area contributed by atoms with Crippen molar-refractivity contribution in [1.29, 1.82) is 0 Å². The molecule has 1 rings (SSSR count). The first kappa shape index (κ1) is 12.2. The molecule has 1 aromatic heterocycles. The van der Waals surface area contributed by atoms with Gasteiger partial charge in [0.15, 0.2) is 18.2 Å². The van der Waals surface area contributed by atoms with Gasteiger partial charge < -0.3 is 9.84 Å². The fourth-order valence-electron chi connectivity index (χ4n) is 1.19. The largest absolute Gasteiger partial charge is 0.506 e. The molecule has 0 bridgehead atoms. The molecule has 1 aromatic rings. The van der Waals surface area contributed by atoms with Crippen molar-refractivity contribution in [3.63, 3.8) is 0 Å². The number of pyridine rings is 1. The maximum absolute atomic E-state index is 11.0. The fraction of sp³-hybridized carbons (Fsp3) is 0.333. The molecule has 0 fully saturated rings. The van der Waals surface area contributed by atoms with Crippen LogP contribution in [-0.4, -0.2) is 17.7 Å². The van der Waals surface area contributed by atoms with E-state index in [1.807, 2.05) is 31.5 Å². The Bertz CT molecular complexity index is 382. The number of carbonyl (C=O) groups is 1. The molecule has 0 unspecified atom stereocenters. The van der Waals surface area contributed by atoms with Gasteiger partial charge in [-0.15, -0.1) is 0 Å². The van der Waals surface area contributed by atoms with E-state index in [-0.39, 0.29) is 12.3 Å². The van der Waals surface area contributed by atoms with Crippen LogP contribution in [0.1, 0.15) is 12.5 Å². The summed E-state index contributed by atoms with van der Waals surface area (Å²) in [6, 6.07) is 3.86. The van der Waals surface area contributed by atoms with E-state index < -0.39 is 5.97 Å². The van der Waals surface area contributed by atoms with E-state index in [2.05, 4.69) is 4.74 Å². The van der Waals surface area contributed by atoms with Gasteiger partial charge in [0.2, 0.25) is 6.54 Å². The van der Waals surface area contributed by atoms with Crippen molar-refractivity contribution >= 4 is 5.97 Å². The normalized spacial score (nSPS) is 11.2. The number of hydrogen-bond acceptors (Lipinski definition) is 3. The predicted molar refractivity (Wildman–Crippen MR) is 58.7 cm³/mol. The molecule has 0 saturated carbocycles. The van der Waals surface area contributed by atoms with E-state index in [0.717, 1.165) is 11.6 Å². The van der Waals surface area contributed by atoms with Gasteiger partial charge in [-0.25, -0.2) is 4.79 Å². The Balaban J connectivity index is 2.60. The van der Waals surface area contributed by atoms with Crippen molar-refractivity contribution in [3.05, 3.63) is 41.9 Å². The van der Waals surface area contributed by atoms with Crippen LogP contribution in [-0.2, 0) is 16.1 Å². The zero-order chi connectivity index (χ0) is 12.0. The average molecular weight is 222 g/mol. The van der Waals surface area contributed by atoms with Crippen LogP contribution in [0.3, 0.4) is 0 Å². The van der Waals surface area contributed by atoms with Gasteiger partial charge in [-0.05, 0) is 19.4 Å². The van der Waals surface area contributed by atoms with Gasteiger partial charge in [-0.2, -0.15) is 4.57 Å². The van der Waals surface area contributed by atoms with Gasteiger partial charge >= 0.3 is 5.97 Å². The number of ether oxygens (including phenoxy) is 1. The molecular formula is C12H16NO3+. The summed E-state index contributed by atoms with van der Waals surface area (Å²) < 4.78 is 6.46. The number of aryl methyl sites for hydroxylation is 1. The Morgan fingerprint density at radius 2 is 2.12 bits per heavy atom. The maximum Gasteiger partial charge on any atom is 0.334 e. The van der Waals surface area contributed by atoms with Gasteiger partial charge in [-0.3, -0.25) is 0 Å².